The highest BCUT2D eigenvalue weighted by Crippen LogP contribution is 2.44. The van der Waals surface area contributed by atoms with Gasteiger partial charge in [-0.3, -0.25) is 9.59 Å². The third-order valence-electron chi connectivity index (χ3n) is 6.91. The molecule has 0 aromatic heterocycles. The molecule has 2 aromatic carbocycles. The number of rotatable bonds is 10. The normalized spacial score (nSPS) is 19.5. The number of aliphatic carboxylic acids is 1. The van der Waals surface area contributed by atoms with Gasteiger partial charge in [0.15, 0.2) is 0 Å². The van der Waals surface area contributed by atoms with Gasteiger partial charge in [0.1, 0.15) is 12.6 Å². The number of fused-ring (bicyclic) bond motifs is 3. The lowest BCUT2D eigenvalue weighted by Gasteiger charge is -2.21. The third kappa shape index (κ3) is 6.17. The molecule has 1 fully saturated rings. The van der Waals surface area contributed by atoms with Crippen LogP contribution in [0.15, 0.2) is 48.5 Å². The molecule has 0 bridgehead atoms. The summed E-state index contributed by atoms with van der Waals surface area (Å²) in [5.41, 5.74) is 4.59. The number of thioether (sulfide) groups is 1. The standard InChI is InChI=1S/C27H32N2O5S/c1-35-13-12-24(26(32)28-18-11-10-17(14-18)15-25(30)31)29-27(33)34-16-23-21-8-4-2-6-19(21)20-7-3-5-9-22(20)23/h2-9,17-18,23-24H,10-16H2,1H3,(H,28,32)(H,29,33)(H,30,31)/t17-,18+,24+/m0/s1. The van der Waals surface area contributed by atoms with Crippen LogP contribution in [0.5, 0.6) is 0 Å². The minimum absolute atomic E-state index is 0.0451. The summed E-state index contributed by atoms with van der Waals surface area (Å²) in [4.78, 5) is 36.7. The number of carbonyl (C=O) groups is 3. The summed E-state index contributed by atoms with van der Waals surface area (Å²) in [5, 5.41) is 14.8. The number of nitrogens with one attached hydrogen (secondary N) is 2. The Bertz CT molecular complexity index is 1030. The van der Waals surface area contributed by atoms with Gasteiger partial charge in [-0.2, -0.15) is 11.8 Å². The molecule has 0 saturated heterocycles. The lowest BCUT2D eigenvalue weighted by Crippen LogP contribution is -2.49. The van der Waals surface area contributed by atoms with Crippen LogP contribution in [0.4, 0.5) is 4.79 Å². The van der Waals surface area contributed by atoms with Gasteiger partial charge in [0, 0.05) is 18.4 Å². The van der Waals surface area contributed by atoms with Crippen molar-refractivity contribution in [3.05, 3.63) is 59.7 Å². The molecule has 0 radical (unpaired) electrons. The zero-order chi connectivity index (χ0) is 24.8. The van der Waals surface area contributed by atoms with Gasteiger partial charge in [-0.1, -0.05) is 48.5 Å². The first-order chi connectivity index (χ1) is 17.0. The molecule has 2 amide bonds. The Morgan fingerprint density at radius 2 is 1.71 bits per heavy atom. The number of hydrogen-bond donors (Lipinski definition) is 3. The molecule has 0 spiro atoms. The molecular formula is C27H32N2O5S. The SMILES string of the molecule is CSCC[C@@H](NC(=O)OCC1c2ccccc2-c2ccccc21)C(=O)N[C@@H]1CC[C@H](CC(=O)O)C1. The van der Waals surface area contributed by atoms with Gasteiger partial charge in [0.05, 0.1) is 0 Å². The molecule has 1 saturated carbocycles. The molecule has 0 heterocycles. The van der Waals surface area contributed by atoms with Gasteiger partial charge in [-0.25, -0.2) is 4.79 Å². The maximum Gasteiger partial charge on any atom is 0.407 e. The predicted molar refractivity (Wildman–Crippen MR) is 137 cm³/mol. The molecular weight excluding hydrogens is 464 g/mol. The second-order valence-corrected chi connectivity index (χ2v) is 10.3. The van der Waals surface area contributed by atoms with Crippen molar-refractivity contribution in [3.63, 3.8) is 0 Å². The number of benzene rings is 2. The average molecular weight is 497 g/mol. The van der Waals surface area contributed by atoms with Crippen molar-refractivity contribution in [1.82, 2.24) is 10.6 Å². The Morgan fingerprint density at radius 3 is 2.34 bits per heavy atom. The lowest BCUT2D eigenvalue weighted by molar-refractivity contribution is -0.138. The van der Waals surface area contributed by atoms with Crippen molar-refractivity contribution in [1.29, 1.82) is 0 Å². The molecule has 0 aliphatic heterocycles. The number of carbonyl (C=O) groups excluding carboxylic acids is 2. The molecule has 3 N–H and O–H groups in total. The number of ether oxygens (including phenoxy) is 1. The summed E-state index contributed by atoms with van der Waals surface area (Å²) in [5.74, 6) is -0.298. The molecule has 7 nitrogen and oxygen atoms in total. The van der Waals surface area contributed by atoms with Crippen LogP contribution < -0.4 is 10.6 Å². The summed E-state index contributed by atoms with van der Waals surface area (Å²) in [6, 6.07) is 15.5. The average Bonchev–Trinajstić information content (AvgIpc) is 3.41. The van der Waals surface area contributed by atoms with Gasteiger partial charge >= 0.3 is 12.1 Å². The summed E-state index contributed by atoms with van der Waals surface area (Å²) >= 11 is 1.61. The smallest absolute Gasteiger partial charge is 0.407 e. The molecule has 2 aliphatic rings. The van der Waals surface area contributed by atoms with Crippen molar-refractivity contribution in [2.75, 3.05) is 18.6 Å². The van der Waals surface area contributed by atoms with E-state index in [9.17, 15) is 14.4 Å². The molecule has 2 aliphatic carbocycles. The Labute approximate surface area is 210 Å². The summed E-state index contributed by atoms with van der Waals surface area (Å²) < 4.78 is 5.63. The lowest BCUT2D eigenvalue weighted by atomic mass is 9.98. The number of hydrogen-bond acceptors (Lipinski definition) is 5. The fraction of sp³-hybridized carbons (Fsp3) is 0.444. The van der Waals surface area contributed by atoms with Crippen LogP contribution in [-0.4, -0.2) is 53.8 Å². The van der Waals surface area contributed by atoms with E-state index in [0.29, 0.717) is 18.6 Å². The number of alkyl carbamates (subject to hydrolysis) is 1. The van der Waals surface area contributed by atoms with Crippen LogP contribution in [0.1, 0.15) is 49.1 Å². The molecule has 35 heavy (non-hydrogen) atoms. The van der Waals surface area contributed by atoms with Crippen molar-refractivity contribution < 1.29 is 24.2 Å². The zero-order valence-electron chi connectivity index (χ0n) is 19.9. The molecule has 4 rings (SSSR count). The highest BCUT2D eigenvalue weighted by Gasteiger charge is 2.32. The van der Waals surface area contributed by atoms with Crippen molar-refractivity contribution >= 4 is 29.7 Å². The van der Waals surface area contributed by atoms with Crippen LogP contribution in [0.25, 0.3) is 11.1 Å². The minimum atomic E-state index is -0.809. The van der Waals surface area contributed by atoms with E-state index in [1.807, 2.05) is 30.5 Å². The molecule has 186 valence electrons. The van der Waals surface area contributed by atoms with Gasteiger partial charge in [-0.15, -0.1) is 0 Å². The Morgan fingerprint density at radius 1 is 1.06 bits per heavy atom. The fourth-order valence-electron chi connectivity index (χ4n) is 5.23. The quantitative estimate of drug-likeness (QED) is 0.450. The summed E-state index contributed by atoms with van der Waals surface area (Å²) in [7, 11) is 0. The van der Waals surface area contributed by atoms with Crippen LogP contribution in [0.3, 0.4) is 0 Å². The van der Waals surface area contributed by atoms with Crippen LogP contribution in [0.2, 0.25) is 0 Å². The maximum atomic E-state index is 13.0. The molecule has 8 heteroatoms. The van der Waals surface area contributed by atoms with Crippen LogP contribution in [-0.2, 0) is 14.3 Å². The molecule has 3 atom stereocenters. The fourth-order valence-corrected chi connectivity index (χ4v) is 5.70. The van der Waals surface area contributed by atoms with Crippen LogP contribution >= 0.6 is 11.8 Å². The number of carboxylic acid groups (broad SMARTS) is 1. The first kappa shape index (κ1) is 25.1. The number of amides is 2. The van der Waals surface area contributed by atoms with E-state index >= 15 is 0 Å². The van der Waals surface area contributed by atoms with E-state index in [-0.39, 0.29) is 36.8 Å². The Balaban J connectivity index is 1.34. The first-order valence-electron chi connectivity index (χ1n) is 12.1. The predicted octanol–water partition coefficient (Wildman–Crippen LogP) is 4.41. The minimum Gasteiger partial charge on any atom is -0.481 e. The van der Waals surface area contributed by atoms with Gasteiger partial charge in [-0.05, 0) is 65.9 Å². The molecule has 0 unspecified atom stereocenters. The first-order valence-corrected chi connectivity index (χ1v) is 13.5. The highest BCUT2D eigenvalue weighted by atomic mass is 32.2. The van der Waals surface area contributed by atoms with Crippen LogP contribution in [0, 0.1) is 5.92 Å². The van der Waals surface area contributed by atoms with E-state index in [1.165, 1.54) is 0 Å². The second-order valence-electron chi connectivity index (χ2n) is 9.29. The van der Waals surface area contributed by atoms with Crippen molar-refractivity contribution in [3.8, 4) is 11.1 Å². The van der Waals surface area contributed by atoms with Crippen molar-refractivity contribution in [2.45, 2.75) is 50.1 Å². The van der Waals surface area contributed by atoms with E-state index in [4.69, 9.17) is 9.84 Å². The summed E-state index contributed by atoms with van der Waals surface area (Å²) in [6.07, 6.45) is 4.15. The zero-order valence-corrected chi connectivity index (χ0v) is 20.7. The topological polar surface area (TPSA) is 105 Å². The van der Waals surface area contributed by atoms with E-state index in [0.717, 1.165) is 35.1 Å². The second kappa shape index (κ2) is 11.6. The van der Waals surface area contributed by atoms with E-state index < -0.39 is 18.1 Å². The largest absolute Gasteiger partial charge is 0.481 e. The highest BCUT2D eigenvalue weighted by molar-refractivity contribution is 7.98. The van der Waals surface area contributed by atoms with Crippen molar-refractivity contribution in [2.24, 2.45) is 5.92 Å². The van der Waals surface area contributed by atoms with Gasteiger partial charge < -0.3 is 20.5 Å². The van der Waals surface area contributed by atoms with E-state index in [1.54, 1.807) is 11.8 Å². The molecule has 2 aromatic rings. The van der Waals surface area contributed by atoms with Gasteiger partial charge in [0.25, 0.3) is 0 Å². The Kier molecular flexibility index (Phi) is 8.33. The summed E-state index contributed by atoms with van der Waals surface area (Å²) in [6.45, 7) is 0.191. The number of carboxylic acids is 1. The van der Waals surface area contributed by atoms with E-state index in [2.05, 4.69) is 34.9 Å². The maximum absolute atomic E-state index is 13.0. The van der Waals surface area contributed by atoms with Gasteiger partial charge in [0.2, 0.25) is 5.91 Å². The Hall–Kier alpha value is -3.00. The third-order valence-corrected chi connectivity index (χ3v) is 7.56. The monoisotopic (exact) mass is 496 g/mol.